The molecule has 2 rings (SSSR count). The molecule has 1 aliphatic carbocycles. The summed E-state index contributed by atoms with van der Waals surface area (Å²) in [6, 6.07) is 0. The van der Waals surface area contributed by atoms with Crippen LogP contribution in [-0.2, 0) is 9.53 Å². The monoisotopic (exact) mass is 184 g/mol. The normalized spacial score (nSPS) is 44.3. The van der Waals surface area contributed by atoms with E-state index < -0.39 is 0 Å². The van der Waals surface area contributed by atoms with Crippen molar-refractivity contribution in [3.8, 4) is 0 Å². The number of cyclic esters (lactones) is 1. The molecule has 0 spiro atoms. The Morgan fingerprint density at radius 1 is 1.54 bits per heavy atom. The Bertz CT molecular complexity index is 214. The van der Waals surface area contributed by atoms with Crippen molar-refractivity contribution in [1.82, 2.24) is 0 Å². The third-order valence-corrected chi connectivity index (χ3v) is 3.45. The number of esters is 1. The van der Waals surface area contributed by atoms with Gasteiger partial charge in [0.05, 0.1) is 0 Å². The minimum absolute atomic E-state index is 0.0581. The van der Waals surface area contributed by atoms with Gasteiger partial charge in [-0.25, -0.2) is 0 Å². The van der Waals surface area contributed by atoms with Gasteiger partial charge < -0.3 is 9.84 Å². The standard InChI is InChI=1S/C10H16O3/c1-6-9-3-7(5-11)2-8(9)4-10(12)13-6/h6-9,11H,2-5H2,1H3. The second-order valence-electron chi connectivity index (χ2n) is 4.34. The molecule has 3 heteroatoms. The molecule has 4 unspecified atom stereocenters. The van der Waals surface area contributed by atoms with Crippen molar-refractivity contribution in [3.05, 3.63) is 0 Å². The summed E-state index contributed by atoms with van der Waals surface area (Å²) in [5.74, 6) is 1.29. The fraction of sp³-hybridized carbons (Fsp3) is 0.900. The molecule has 4 atom stereocenters. The van der Waals surface area contributed by atoms with E-state index in [1.165, 1.54) is 0 Å². The SMILES string of the molecule is CC1OC(=O)CC2CC(CO)CC21. The van der Waals surface area contributed by atoms with Gasteiger partial charge in [0.15, 0.2) is 0 Å². The van der Waals surface area contributed by atoms with Gasteiger partial charge in [0.2, 0.25) is 0 Å². The van der Waals surface area contributed by atoms with E-state index in [1.54, 1.807) is 0 Å². The van der Waals surface area contributed by atoms with Crippen molar-refractivity contribution in [3.63, 3.8) is 0 Å². The van der Waals surface area contributed by atoms with Crippen LogP contribution in [0.25, 0.3) is 0 Å². The van der Waals surface area contributed by atoms with E-state index in [2.05, 4.69) is 0 Å². The molecule has 0 amide bonds. The van der Waals surface area contributed by atoms with Crippen LogP contribution < -0.4 is 0 Å². The Morgan fingerprint density at radius 2 is 2.31 bits per heavy atom. The molecule has 1 aliphatic heterocycles. The molecule has 74 valence electrons. The fourth-order valence-electron chi connectivity index (χ4n) is 2.79. The summed E-state index contributed by atoms with van der Waals surface area (Å²) < 4.78 is 5.17. The molecule has 0 radical (unpaired) electrons. The molecular formula is C10H16O3. The Morgan fingerprint density at radius 3 is 3.00 bits per heavy atom. The van der Waals surface area contributed by atoms with Crippen LogP contribution in [0.1, 0.15) is 26.2 Å². The van der Waals surface area contributed by atoms with Gasteiger partial charge in [0.1, 0.15) is 6.10 Å². The zero-order valence-electron chi connectivity index (χ0n) is 7.90. The number of rotatable bonds is 1. The summed E-state index contributed by atoms with van der Waals surface area (Å²) in [5.41, 5.74) is 0. The molecule has 0 aromatic carbocycles. The summed E-state index contributed by atoms with van der Waals surface area (Å²) in [6.07, 6.45) is 2.64. The van der Waals surface area contributed by atoms with E-state index in [-0.39, 0.29) is 18.7 Å². The highest BCUT2D eigenvalue weighted by Crippen LogP contribution is 2.43. The molecule has 0 bridgehead atoms. The molecule has 2 fully saturated rings. The van der Waals surface area contributed by atoms with Crippen molar-refractivity contribution < 1.29 is 14.6 Å². The molecule has 0 aromatic rings. The maximum atomic E-state index is 11.1. The van der Waals surface area contributed by atoms with Gasteiger partial charge in [-0.15, -0.1) is 0 Å². The zero-order valence-corrected chi connectivity index (χ0v) is 7.90. The number of hydrogen-bond donors (Lipinski definition) is 1. The molecule has 1 saturated carbocycles. The highest BCUT2D eigenvalue weighted by Gasteiger charge is 2.42. The minimum atomic E-state index is -0.0626. The number of aliphatic hydroxyl groups excluding tert-OH is 1. The lowest BCUT2D eigenvalue weighted by atomic mass is 9.87. The second-order valence-corrected chi connectivity index (χ2v) is 4.34. The molecule has 3 nitrogen and oxygen atoms in total. The van der Waals surface area contributed by atoms with Crippen LogP contribution in [0.2, 0.25) is 0 Å². The van der Waals surface area contributed by atoms with Crippen molar-refractivity contribution in [2.45, 2.75) is 32.3 Å². The molecule has 0 aromatic heterocycles. The number of carbonyl (C=O) groups is 1. The predicted octanol–water partition coefficient (Wildman–Crippen LogP) is 0.956. The Labute approximate surface area is 78.1 Å². The highest BCUT2D eigenvalue weighted by atomic mass is 16.5. The molecule has 1 N–H and O–H groups in total. The first kappa shape index (κ1) is 9.00. The third-order valence-electron chi connectivity index (χ3n) is 3.45. The van der Waals surface area contributed by atoms with Crippen LogP contribution in [0, 0.1) is 17.8 Å². The summed E-state index contributed by atoms with van der Waals surface area (Å²) in [4.78, 5) is 11.1. The Hall–Kier alpha value is -0.570. The van der Waals surface area contributed by atoms with Crippen molar-refractivity contribution in [2.24, 2.45) is 17.8 Å². The van der Waals surface area contributed by atoms with Gasteiger partial charge in [-0.2, -0.15) is 0 Å². The zero-order chi connectivity index (χ0) is 9.42. The first-order valence-electron chi connectivity index (χ1n) is 5.01. The van der Waals surface area contributed by atoms with E-state index >= 15 is 0 Å². The van der Waals surface area contributed by atoms with Crippen molar-refractivity contribution in [1.29, 1.82) is 0 Å². The van der Waals surface area contributed by atoms with Crippen molar-refractivity contribution >= 4 is 5.97 Å². The summed E-state index contributed by atoms with van der Waals surface area (Å²) in [7, 11) is 0. The molecular weight excluding hydrogens is 168 g/mol. The van der Waals surface area contributed by atoms with Crippen LogP contribution in [0.3, 0.4) is 0 Å². The number of fused-ring (bicyclic) bond motifs is 1. The maximum Gasteiger partial charge on any atom is 0.306 e. The lowest BCUT2D eigenvalue weighted by Gasteiger charge is -2.30. The van der Waals surface area contributed by atoms with E-state index in [9.17, 15) is 4.79 Å². The highest BCUT2D eigenvalue weighted by molar-refractivity contribution is 5.70. The molecule has 1 saturated heterocycles. The number of carbonyl (C=O) groups excluding carboxylic acids is 1. The Kier molecular flexibility index (Phi) is 2.28. The smallest absolute Gasteiger partial charge is 0.306 e. The van der Waals surface area contributed by atoms with Gasteiger partial charge in [0.25, 0.3) is 0 Å². The number of aliphatic hydroxyl groups is 1. The largest absolute Gasteiger partial charge is 0.462 e. The van der Waals surface area contributed by atoms with Crippen molar-refractivity contribution in [2.75, 3.05) is 6.61 Å². The molecule has 13 heavy (non-hydrogen) atoms. The average Bonchev–Trinajstić information content (AvgIpc) is 2.47. The van der Waals surface area contributed by atoms with E-state index in [4.69, 9.17) is 9.84 Å². The van der Waals surface area contributed by atoms with E-state index in [0.717, 1.165) is 12.8 Å². The first-order valence-corrected chi connectivity index (χ1v) is 5.01. The van der Waals surface area contributed by atoms with Crippen LogP contribution >= 0.6 is 0 Å². The molecule has 2 aliphatic rings. The number of hydrogen-bond acceptors (Lipinski definition) is 3. The first-order chi connectivity index (χ1) is 6.20. The van der Waals surface area contributed by atoms with E-state index in [1.807, 2.05) is 6.92 Å². The summed E-state index contributed by atoms with van der Waals surface area (Å²) >= 11 is 0. The van der Waals surface area contributed by atoms with E-state index in [0.29, 0.717) is 24.2 Å². The lowest BCUT2D eigenvalue weighted by molar-refractivity contribution is -0.159. The fourth-order valence-corrected chi connectivity index (χ4v) is 2.79. The van der Waals surface area contributed by atoms with Gasteiger partial charge in [-0.3, -0.25) is 4.79 Å². The summed E-state index contributed by atoms with van der Waals surface area (Å²) in [6.45, 7) is 2.22. The van der Waals surface area contributed by atoms with Gasteiger partial charge >= 0.3 is 5.97 Å². The Balaban J connectivity index is 2.05. The van der Waals surface area contributed by atoms with Crippen LogP contribution in [-0.4, -0.2) is 23.8 Å². The third kappa shape index (κ3) is 1.57. The van der Waals surface area contributed by atoms with Crippen LogP contribution in [0.4, 0.5) is 0 Å². The quantitative estimate of drug-likeness (QED) is 0.617. The average molecular weight is 184 g/mol. The minimum Gasteiger partial charge on any atom is -0.462 e. The summed E-state index contributed by atoms with van der Waals surface area (Å²) in [5, 5.41) is 9.04. The van der Waals surface area contributed by atoms with Crippen LogP contribution in [0.5, 0.6) is 0 Å². The van der Waals surface area contributed by atoms with Gasteiger partial charge in [-0.1, -0.05) is 0 Å². The topological polar surface area (TPSA) is 46.5 Å². The van der Waals surface area contributed by atoms with Gasteiger partial charge in [0, 0.05) is 13.0 Å². The molecule has 1 heterocycles. The lowest BCUT2D eigenvalue weighted by Crippen LogP contribution is -2.34. The number of ether oxygens (including phenoxy) is 1. The van der Waals surface area contributed by atoms with Crippen LogP contribution in [0.15, 0.2) is 0 Å². The second kappa shape index (κ2) is 3.29. The maximum absolute atomic E-state index is 11.1. The van der Waals surface area contributed by atoms with Gasteiger partial charge in [-0.05, 0) is 37.5 Å². The predicted molar refractivity (Wildman–Crippen MR) is 47.0 cm³/mol.